The van der Waals surface area contributed by atoms with Crippen molar-refractivity contribution in [3.8, 4) is 5.82 Å². The van der Waals surface area contributed by atoms with Crippen LogP contribution in [0.15, 0.2) is 36.9 Å². The molecule has 0 radical (unpaired) electrons. The van der Waals surface area contributed by atoms with E-state index in [2.05, 4.69) is 40.9 Å². The first-order valence-electron chi connectivity index (χ1n) is 9.44. The maximum Gasteiger partial charge on any atom is 0.159 e. The largest absolute Gasteiger partial charge is 0.353 e. The Labute approximate surface area is 157 Å². The Morgan fingerprint density at radius 2 is 1.63 bits per heavy atom. The molecule has 138 valence electrons. The van der Waals surface area contributed by atoms with Crippen molar-refractivity contribution in [2.24, 2.45) is 0 Å². The Morgan fingerprint density at radius 3 is 2.33 bits per heavy atom. The molecule has 3 aromatic heterocycles. The number of rotatable bonds is 4. The van der Waals surface area contributed by atoms with E-state index in [1.54, 1.807) is 17.2 Å². The van der Waals surface area contributed by atoms with E-state index in [0.717, 1.165) is 49.5 Å². The first-order valence-corrected chi connectivity index (χ1v) is 9.44. The molecule has 4 heterocycles. The summed E-state index contributed by atoms with van der Waals surface area (Å²) in [6.45, 7) is 5.56. The van der Waals surface area contributed by atoms with Crippen LogP contribution in [0.3, 0.4) is 0 Å². The third-order valence-electron chi connectivity index (χ3n) is 5.15. The zero-order valence-electron chi connectivity index (χ0n) is 15.4. The molecule has 1 saturated heterocycles. The van der Waals surface area contributed by atoms with Gasteiger partial charge in [-0.15, -0.1) is 0 Å². The average molecular weight is 362 g/mol. The summed E-state index contributed by atoms with van der Waals surface area (Å²) in [4.78, 5) is 22.7. The summed E-state index contributed by atoms with van der Waals surface area (Å²) in [5, 5.41) is 4.28. The van der Waals surface area contributed by atoms with Crippen LogP contribution in [-0.2, 0) is 0 Å². The minimum absolute atomic E-state index is 0.651. The molecule has 5 rings (SSSR count). The molecule has 0 bridgehead atoms. The van der Waals surface area contributed by atoms with Crippen molar-refractivity contribution in [3.63, 3.8) is 0 Å². The number of anilines is 2. The number of hydrogen-bond donors (Lipinski definition) is 0. The molecule has 2 aliphatic rings. The summed E-state index contributed by atoms with van der Waals surface area (Å²) in [7, 11) is 0. The van der Waals surface area contributed by atoms with Gasteiger partial charge in [0.1, 0.15) is 23.8 Å². The highest BCUT2D eigenvalue weighted by Gasteiger charge is 2.26. The third-order valence-corrected chi connectivity index (χ3v) is 5.15. The van der Waals surface area contributed by atoms with Gasteiger partial charge in [0.25, 0.3) is 0 Å². The van der Waals surface area contributed by atoms with E-state index in [0.29, 0.717) is 5.92 Å². The standard InChI is InChI=1S/C19H22N8/c1-14-23-18(12-19(24-14)27-6-2-5-22-27)26-9-7-25(8-10-26)17-11-16(15-3-4-15)20-13-21-17/h2,5-6,11-13,15H,3-4,7-10H2,1H3. The lowest BCUT2D eigenvalue weighted by Crippen LogP contribution is -2.47. The highest BCUT2D eigenvalue weighted by molar-refractivity contribution is 5.48. The molecule has 0 N–H and O–H groups in total. The second-order valence-corrected chi connectivity index (χ2v) is 7.13. The normalized spacial score (nSPS) is 17.4. The van der Waals surface area contributed by atoms with E-state index in [4.69, 9.17) is 0 Å². The summed E-state index contributed by atoms with van der Waals surface area (Å²) >= 11 is 0. The molecule has 0 amide bonds. The van der Waals surface area contributed by atoms with Gasteiger partial charge in [-0.3, -0.25) is 0 Å². The highest BCUT2D eigenvalue weighted by Crippen LogP contribution is 2.39. The van der Waals surface area contributed by atoms with Crippen molar-refractivity contribution >= 4 is 11.6 Å². The van der Waals surface area contributed by atoms with Crippen LogP contribution in [0.5, 0.6) is 0 Å². The quantitative estimate of drug-likeness (QED) is 0.702. The number of hydrogen-bond acceptors (Lipinski definition) is 7. The monoisotopic (exact) mass is 362 g/mol. The van der Waals surface area contributed by atoms with Gasteiger partial charge in [0.15, 0.2) is 5.82 Å². The fourth-order valence-corrected chi connectivity index (χ4v) is 3.52. The van der Waals surface area contributed by atoms with Gasteiger partial charge in [0.2, 0.25) is 0 Å². The van der Waals surface area contributed by atoms with Gasteiger partial charge in [-0.2, -0.15) is 5.10 Å². The van der Waals surface area contributed by atoms with Crippen molar-refractivity contribution in [2.45, 2.75) is 25.7 Å². The lowest BCUT2D eigenvalue weighted by molar-refractivity contribution is 0.637. The summed E-state index contributed by atoms with van der Waals surface area (Å²) in [5.41, 5.74) is 1.19. The Kier molecular flexibility index (Phi) is 3.95. The van der Waals surface area contributed by atoms with Crippen LogP contribution in [0.4, 0.5) is 11.6 Å². The predicted octanol–water partition coefficient (Wildman–Crippen LogP) is 1.96. The van der Waals surface area contributed by atoms with Crippen LogP contribution < -0.4 is 9.80 Å². The molecule has 8 nitrogen and oxygen atoms in total. The fourth-order valence-electron chi connectivity index (χ4n) is 3.52. The van der Waals surface area contributed by atoms with Crippen LogP contribution in [0, 0.1) is 6.92 Å². The average Bonchev–Trinajstić information content (AvgIpc) is 3.42. The molecular formula is C19H22N8. The first kappa shape index (κ1) is 16.2. The molecule has 2 fully saturated rings. The van der Waals surface area contributed by atoms with Crippen LogP contribution >= 0.6 is 0 Å². The number of piperazine rings is 1. The number of aryl methyl sites for hydroxylation is 1. The van der Waals surface area contributed by atoms with Gasteiger partial charge in [-0.1, -0.05) is 0 Å². The number of aromatic nitrogens is 6. The molecule has 8 heteroatoms. The Morgan fingerprint density at radius 1 is 0.889 bits per heavy atom. The predicted molar refractivity (Wildman–Crippen MR) is 102 cm³/mol. The lowest BCUT2D eigenvalue weighted by atomic mass is 10.2. The molecular weight excluding hydrogens is 340 g/mol. The zero-order chi connectivity index (χ0) is 18.2. The summed E-state index contributed by atoms with van der Waals surface area (Å²) in [6, 6.07) is 6.07. The van der Waals surface area contributed by atoms with Gasteiger partial charge in [0.05, 0.1) is 0 Å². The fraction of sp³-hybridized carbons (Fsp3) is 0.421. The Bertz CT molecular complexity index is 927. The molecule has 1 aliphatic heterocycles. The van der Waals surface area contributed by atoms with E-state index in [1.807, 2.05) is 25.3 Å². The molecule has 0 aromatic carbocycles. The molecule has 0 spiro atoms. The van der Waals surface area contributed by atoms with Gasteiger partial charge in [-0.25, -0.2) is 24.6 Å². The maximum atomic E-state index is 4.64. The Balaban J connectivity index is 1.31. The third kappa shape index (κ3) is 3.34. The summed E-state index contributed by atoms with van der Waals surface area (Å²) in [5.74, 6) is 4.20. The van der Waals surface area contributed by atoms with Crippen molar-refractivity contribution in [2.75, 3.05) is 36.0 Å². The highest BCUT2D eigenvalue weighted by atomic mass is 15.3. The smallest absolute Gasteiger partial charge is 0.159 e. The van der Waals surface area contributed by atoms with E-state index < -0.39 is 0 Å². The van der Waals surface area contributed by atoms with Crippen LogP contribution in [0.1, 0.15) is 30.3 Å². The lowest BCUT2D eigenvalue weighted by Gasteiger charge is -2.36. The topological polar surface area (TPSA) is 75.9 Å². The van der Waals surface area contributed by atoms with Crippen LogP contribution in [0.2, 0.25) is 0 Å². The van der Waals surface area contributed by atoms with E-state index in [-0.39, 0.29) is 0 Å². The van der Waals surface area contributed by atoms with Crippen molar-refractivity contribution < 1.29 is 0 Å². The molecule has 0 atom stereocenters. The van der Waals surface area contributed by atoms with Crippen LogP contribution in [-0.4, -0.2) is 55.9 Å². The zero-order valence-corrected chi connectivity index (χ0v) is 15.4. The van der Waals surface area contributed by atoms with E-state index in [1.165, 1.54) is 18.5 Å². The molecule has 1 saturated carbocycles. The van der Waals surface area contributed by atoms with Crippen molar-refractivity contribution in [3.05, 3.63) is 48.4 Å². The van der Waals surface area contributed by atoms with Crippen molar-refractivity contribution in [1.82, 2.24) is 29.7 Å². The van der Waals surface area contributed by atoms with Gasteiger partial charge in [0, 0.05) is 62.3 Å². The second kappa shape index (κ2) is 6.61. The molecule has 27 heavy (non-hydrogen) atoms. The summed E-state index contributed by atoms with van der Waals surface area (Å²) in [6.07, 6.45) is 7.88. The SMILES string of the molecule is Cc1nc(N2CCN(c3cc(C4CC4)ncn3)CC2)cc(-n2cccn2)n1. The maximum absolute atomic E-state index is 4.64. The van der Waals surface area contributed by atoms with E-state index in [9.17, 15) is 0 Å². The van der Waals surface area contributed by atoms with Crippen LogP contribution in [0.25, 0.3) is 5.82 Å². The second-order valence-electron chi connectivity index (χ2n) is 7.13. The number of nitrogens with zero attached hydrogens (tertiary/aromatic N) is 8. The first-order chi connectivity index (χ1) is 13.3. The molecule has 1 aliphatic carbocycles. The van der Waals surface area contributed by atoms with Crippen molar-refractivity contribution in [1.29, 1.82) is 0 Å². The van der Waals surface area contributed by atoms with Gasteiger partial charge >= 0.3 is 0 Å². The van der Waals surface area contributed by atoms with Gasteiger partial charge in [-0.05, 0) is 25.8 Å². The minimum Gasteiger partial charge on any atom is -0.353 e. The van der Waals surface area contributed by atoms with E-state index >= 15 is 0 Å². The molecule has 3 aromatic rings. The van der Waals surface area contributed by atoms with Gasteiger partial charge < -0.3 is 9.80 Å². The Hall–Kier alpha value is -3.03. The molecule has 0 unspecified atom stereocenters. The summed E-state index contributed by atoms with van der Waals surface area (Å²) < 4.78 is 1.77. The minimum atomic E-state index is 0.651.